The van der Waals surface area contributed by atoms with Crippen LogP contribution in [0.2, 0.25) is 0 Å². The second-order valence-electron chi connectivity index (χ2n) is 11.6. The lowest BCUT2D eigenvalue weighted by Crippen LogP contribution is -2.55. The van der Waals surface area contributed by atoms with Crippen LogP contribution >= 0.6 is 0 Å². The van der Waals surface area contributed by atoms with E-state index in [1.165, 1.54) is 0 Å². The first kappa shape index (κ1) is 27.5. The quantitative estimate of drug-likeness (QED) is 0.391. The van der Waals surface area contributed by atoms with Crippen molar-refractivity contribution in [1.82, 2.24) is 25.3 Å². The Labute approximate surface area is 234 Å². The van der Waals surface area contributed by atoms with Gasteiger partial charge in [0.05, 0.1) is 11.7 Å². The van der Waals surface area contributed by atoms with Crippen molar-refractivity contribution >= 4 is 34.6 Å². The van der Waals surface area contributed by atoms with Gasteiger partial charge in [0.1, 0.15) is 11.6 Å². The summed E-state index contributed by atoms with van der Waals surface area (Å²) in [6.45, 7) is 9.06. The van der Waals surface area contributed by atoms with E-state index in [-0.39, 0.29) is 18.1 Å². The van der Waals surface area contributed by atoms with Crippen LogP contribution in [0.25, 0.3) is 10.9 Å². The number of nitrogens with zero attached hydrogens (tertiary/aromatic N) is 3. The minimum Gasteiger partial charge on any atom is -0.458 e. The van der Waals surface area contributed by atoms with Gasteiger partial charge in [-0.2, -0.15) is 5.10 Å². The second-order valence-corrected chi connectivity index (χ2v) is 11.6. The molecule has 1 aromatic heterocycles. The number of piperidine rings is 1. The number of para-hydroxylation sites is 1. The fraction of sp³-hybridized carbons (Fsp3) is 0.467. The summed E-state index contributed by atoms with van der Waals surface area (Å²) in [5, 5.41) is 14.1. The molecule has 0 radical (unpaired) electrons. The number of aryl methyl sites for hydroxylation is 1. The van der Waals surface area contributed by atoms with E-state index in [1.54, 1.807) is 11.1 Å². The van der Waals surface area contributed by atoms with Gasteiger partial charge in [0.15, 0.2) is 0 Å². The van der Waals surface area contributed by atoms with Crippen molar-refractivity contribution in [2.45, 2.75) is 77.6 Å². The molecule has 0 spiro atoms. The lowest BCUT2D eigenvalue weighted by molar-refractivity contribution is -0.157. The highest BCUT2D eigenvalue weighted by Crippen LogP contribution is 2.28. The summed E-state index contributed by atoms with van der Waals surface area (Å²) in [5.41, 5.74) is 4.27. The van der Waals surface area contributed by atoms with E-state index in [0.717, 1.165) is 39.7 Å². The lowest BCUT2D eigenvalue weighted by Gasteiger charge is -2.40. The van der Waals surface area contributed by atoms with Crippen molar-refractivity contribution in [2.24, 2.45) is 0 Å². The van der Waals surface area contributed by atoms with Gasteiger partial charge >= 0.3 is 18.0 Å². The Hall–Kier alpha value is -4.08. The Morgan fingerprint density at radius 3 is 2.65 bits per heavy atom. The summed E-state index contributed by atoms with van der Waals surface area (Å²) in [4.78, 5) is 42.9. The molecule has 2 aromatic carbocycles. The number of nitrogens with one attached hydrogen (secondary N) is 3. The van der Waals surface area contributed by atoms with Crippen molar-refractivity contribution < 1.29 is 19.1 Å². The zero-order valence-electron chi connectivity index (χ0n) is 23.6. The van der Waals surface area contributed by atoms with Crippen LogP contribution in [0.15, 0.2) is 42.6 Å². The number of aromatic nitrogens is 2. The first-order valence-corrected chi connectivity index (χ1v) is 14.0. The summed E-state index contributed by atoms with van der Waals surface area (Å²) < 4.78 is 5.68. The molecule has 3 aromatic rings. The van der Waals surface area contributed by atoms with E-state index >= 15 is 0 Å². The molecule has 0 aliphatic carbocycles. The summed E-state index contributed by atoms with van der Waals surface area (Å²) in [6, 6.07) is 10.6. The van der Waals surface area contributed by atoms with Crippen LogP contribution < -0.4 is 10.6 Å². The fourth-order valence-corrected chi connectivity index (χ4v) is 5.54. The predicted molar refractivity (Wildman–Crippen MR) is 153 cm³/mol. The number of likely N-dealkylation sites (tertiary alicyclic amines) is 1. The average molecular weight is 547 g/mol. The number of carbonyl (C=O) groups is 3. The second kappa shape index (κ2) is 11.2. The minimum absolute atomic E-state index is 0.0354. The van der Waals surface area contributed by atoms with Crippen molar-refractivity contribution in [3.63, 3.8) is 0 Å². The molecule has 4 amide bonds. The number of ether oxygens (including phenoxy) is 1. The zero-order chi connectivity index (χ0) is 28.4. The van der Waals surface area contributed by atoms with E-state index in [1.807, 2.05) is 56.0 Å². The monoisotopic (exact) mass is 546 g/mol. The van der Waals surface area contributed by atoms with Gasteiger partial charge in [-0.15, -0.1) is 0 Å². The summed E-state index contributed by atoms with van der Waals surface area (Å²) in [5.74, 6) is -0.468. The van der Waals surface area contributed by atoms with Gasteiger partial charge in [0.2, 0.25) is 0 Å². The number of esters is 1. The Bertz CT molecular complexity index is 1400. The number of amides is 4. The van der Waals surface area contributed by atoms with Gasteiger partial charge < -0.3 is 25.2 Å². The van der Waals surface area contributed by atoms with Gasteiger partial charge in [0, 0.05) is 43.2 Å². The average Bonchev–Trinajstić information content (AvgIpc) is 3.40. The highest BCUT2D eigenvalue weighted by Gasteiger charge is 2.34. The maximum Gasteiger partial charge on any atom is 0.329 e. The summed E-state index contributed by atoms with van der Waals surface area (Å²) in [7, 11) is 0. The molecule has 0 saturated carbocycles. The van der Waals surface area contributed by atoms with Gasteiger partial charge in [-0.1, -0.05) is 31.2 Å². The number of urea groups is 2. The third-order valence-electron chi connectivity index (χ3n) is 7.55. The number of H-pyrrole nitrogens is 1. The molecule has 1 atom stereocenters. The van der Waals surface area contributed by atoms with Crippen LogP contribution in [0.1, 0.15) is 57.2 Å². The minimum atomic E-state index is -0.845. The zero-order valence-corrected chi connectivity index (χ0v) is 23.6. The van der Waals surface area contributed by atoms with Crippen molar-refractivity contribution in [1.29, 1.82) is 0 Å². The third kappa shape index (κ3) is 6.05. The number of benzene rings is 2. The van der Waals surface area contributed by atoms with E-state index in [2.05, 4.69) is 33.8 Å². The molecule has 40 heavy (non-hydrogen) atoms. The molecule has 2 aliphatic heterocycles. The maximum atomic E-state index is 13.4. The highest BCUT2D eigenvalue weighted by atomic mass is 16.6. The van der Waals surface area contributed by atoms with Crippen LogP contribution in [0.3, 0.4) is 0 Å². The first-order valence-electron chi connectivity index (χ1n) is 14.0. The van der Waals surface area contributed by atoms with Crippen molar-refractivity contribution in [3.8, 4) is 0 Å². The normalized spacial score (nSPS) is 16.9. The molecule has 3 heterocycles. The smallest absolute Gasteiger partial charge is 0.329 e. The number of rotatable bonds is 6. The first-order chi connectivity index (χ1) is 19.1. The van der Waals surface area contributed by atoms with Crippen molar-refractivity contribution in [2.75, 3.05) is 18.4 Å². The number of hydrogen-bond acceptors (Lipinski definition) is 5. The van der Waals surface area contributed by atoms with Gasteiger partial charge in [-0.3, -0.25) is 5.10 Å². The van der Waals surface area contributed by atoms with E-state index in [9.17, 15) is 14.4 Å². The Morgan fingerprint density at radius 1 is 1.18 bits per heavy atom. The largest absolute Gasteiger partial charge is 0.458 e. The molecule has 10 heteroatoms. The molecule has 10 nitrogen and oxygen atoms in total. The number of aromatic amines is 1. The number of fused-ring (bicyclic) bond motifs is 2. The van der Waals surface area contributed by atoms with Crippen LogP contribution in [0.4, 0.5) is 15.3 Å². The van der Waals surface area contributed by atoms with Gasteiger partial charge in [-0.25, -0.2) is 14.4 Å². The molecule has 1 fully saturated rings. The molecule has 2 aliphatic rings. The number of hydrogen-bond donors (Lipinski definition) is 3. The number of anilines is 1. The van der Waals surface area contributed by atoms with E-state index in [0.29, 0.717) is 38.9 Å². The third-order valence-corrected chi connectivity index (χ3v) is 7.55. The van der Waals surface area contributed by atoms with Gasteiger partial charge in [-0.05, 0) is 68.9 Å². The molecule has 212 valence electrons. The molecule has 3 N–H and O–H groups in total. The highest BCUT2D eigenvalue weighted by molar-refractivity contribution is 5.92. The molecule has 1 unspecified atom stereocenters. The van der Waals surface area contributed by atoms with Gasteiger partial charge in [0.25, 0.3) is 0 Å². The molecular weight excluding hydrogens is 508 g/mol. The molecule has 0 bridgehead atoms. The Kier molecular flexibility index (Phi) is 7.69. The topological polar surface area (TPSA) is 120 Å². The maximum absolute atomic E-state index is 13.4. The standard InChI is InChI=1S/C30H38N6O4/c1-5-20-14-19(15-22-17-31-34-26(20)22)16-25(27(37)40-30(2,3)4)33-28(38)35-12-10-23(11-13-35)36-18-21-8-6-7-9-24(21)32-29(36)39/h6-9,14-15,17,23,25H,5,10-13,16,18H2,1-4H3,(H,31,34)(H,32,39)(H,33,38). The number of carbonyl (C=O) groups excluding carboxylic acids is 3. The molecule has 1 saturated heterocycles. The molecular formula is C30H38N6O4. The van der Waals surface area contributed by atoms with E-state index < -0.39 is 17.6 Å². The summed E-state index contributed by atoms with van der Waals surface area (Å²) >= 11 is 0. The van der Waals surface area contributed by atoms with Crippen LogP contribution in [0, 0.1) is 0 Å². The van der Waals surface area contributed by atoms with E-state index in [4.69, 9.17) is 4.74 Å². The lowest BCUT2D eigenvalue weighted by atomic mass is 9.99. The van der Waals surface area contributed by atoms with Crippen LogP contribution in [-0.2, 0) is 28.9 Å². The predicted octanol–water partition coefficient (Wildman–Crippen LogP) is 4.60. The Morgan fingerprint density at radius 2 is 1.93 bits per heavy atom. The Balaban J connectivity index is 1.25. The summed E-state index contributed by atoms with van der Waals surface area (Å²) in [6.07, 6.45) is 4.21. The van der Waals surface area contributed by atoms with Crippen LogP contribution in [-0.4, -0.2) is 68.8 Å². The molecule has 5 rings (SSSR count). The van der Waals surface area contributed by atoms with Crippen molar-refractivity contribution in [3.05, 3.63) is 59.3 Å². The van der Waals surface area contributed by atoms with Crippen LogP contribution in [0.5, 0.6) is 0 Å². The fourth-order valence-electron chi connectivity index (χ4n) is 5.54. The SMILES string of the molecule is CCc1cc(CC(NC(=O)N2CCC(N3Cc4ccccc4NC3=O)CC2)C(=O)OC(C)(C)C)cc2cn[nH]c12.